The van der Waals surface area contributed by atoms with Crippen molar-refractivity contribution < 1.29 is 18.7 Å². The third-order valence-electron chi connectivity index (χ3n) is 5.80. The van der Waals surface area contributed by atoms with E-state index in [9.17, 15) is 14.0 Å². The Morgan fingerprint density at radius 3 is 2.68 bits per heavy atom. The Balaban J connectivity index is 1.46. The number of aromatic nitrogens is 2. The van der Waals surface area contributed by atoms with Gasteiger partial charge in [0, 0.05) is 31.5 Å². The van der Waals surface area contributed by atoms with E-state index in [1.165, 1.54) is 12.1 Å². The molecule has 0 aliphatic carbocycles. The molecule has 8 heteroatoms. The largest absolute Gasteiger partial charge is 0.363 e. The molecule has 2 amide bonds. The van der Waals surface area contributed by atoms with Gasteiger partial charge in [-0.25, -0.2) is 4.39 Å². The Hall–Kier alpha value is -2.74. The van der Waals surface area contributed by atoms with Crippen molar-refractivity contribution in [2.75, 3.05) is 31.1 Å². The number of hydrogen-bond donors (Lipinski definition) is 0. The number of ether oxygens (including phenoxy) is 1. The summed E-state index contributed by atoms with van der Waals surface area (Å²) < 4.78 is 21.2. The fourth-order valence-corrected chi connectivity index (χ4v) is 3.89. The van der Waals surface area contributed by atoms with Crippen LogP contribution in [0.3, 0.4) is 0 Å². The molecule has 4 rings (SSSR count). The summed E-state index contributed by atoms with van der Waals surface area (Å²) >= 11 is 0. The van der Waals surface area contributed by atoms with Crippen molar-refractivity contribution in [3.63, 3.8) is 0 Å². The highest BCUT2D eigenvalue weighted by atomic mass is 19.1. The zero-order valence-corrected chi connectivity index (χ0v) is 16.0. The van der Waals surface area contributed by atoms with Gasteiger partial charge in [-0.2, -0.15) is 5.10 Å². The molecule has 1 aromatic carbocycles. The lowest BCUT2D eigenvalue weighted by molar-refractivity contribution is -0.143. The highest BCUT2D eigenvalue weighted by Gasteiger charge is 2.43. The summed E-state index contributed by atoms with van der Waals surface area (Å²) in [5.41, 5.74) is 1.47. The van der Waals surface area contributed by atoms with Gasteiger partial charge in [-0.15, -0.1) is 0 Å². The van der Waals surface area contributed by atoms with Crippen molar-refractivity contribution in [1.29, 1.82) is 0 Å². The van der Waals surface area contributed by atoms with E-state index in [2.05, 4.69) is 5.10 Å². The first-order valence-electron chi connectivity index (χ1n) is 9.36. The summed E-state index contributed by atoms with van der Waals surface area (Å²) in [7, 11) is 1.81. The van der Waals surface area contributed by atoms with Crippen molar-refractivity contribution in [3.05, 3.63) is 47.5 Å². The minimum Gasteiger partial charge on any atom is -0.363 e. The van der Waals surface area contributed by atoms with Gasteiger partial charge in [-0.3, -0.25) is 14.3 Å². The van der Waals surface area contributed by atoms with E-state index in [4.69, 9.17) is 4.74 Å². The van der Waals surface area contributed by atoms with Crippen molar-refractivity contribution in [2.24, 2.45) is 7.05 Å². The maximum Gasteiger partial charge on any atom is 0.257 e. The lowest BCUT2D eigenvalue weighted by Crippen LogP contribution is -2.59. The molecule has 0 bridgehead atoms. The first kappa shape index (κ1) is 18.6. The van der Waals surface area contributed by atoms with Gasteiger partial charge in [0.15, 0.2) is 0 Å². The number of carbonyl (C=O) groups is 2. The second-order valence-corrected chi connectivity index (χ2v) is 7.49. The number of morpholine rings is 1. The fraction of sp³-hybridized carbons (Fsp3) is 0.450. The second kappa shape index (κ2) is 7.01. The van der Waals surface area contributed by atoms with Crippen LogP contribution in [-0.4, -0.2) is 58.3 Å². The smallest absolute Gasteiger partial charge is 0.257 e. The van der Waals surface area contributed by atoms with Gasteiger partial charge < -0.3 is 14.5 Å². The normalized spacial score (nSPS) is 19.3. The third-order valence-corrected chi connectivity index (χ3v) is 5.80. The Kier molecular flexibility index (Phi) is 4.66. The van der Waals surface area contributed by atoms with Crippen LogP contribution in [0.4, 0.5) is 10.1 Å². The number of nitrogens with zero attached hydrogens (tertiary/aromatic N) is 4. The van der Waals surface area contributed by atoms with Crippen molar-refractivity contribution in [1.82, 2.24) is 14.7 Å². The van der Waals surface area contributed by atoms with Gasteiger partial charge >= 0.3 is 0 Å². The summed E-state index contributed by atoms with van der Waals surface area (Å²) in [4.78, 5) is 28.5. The molecular formula is C20H23FN4O3. The monoisotopic (exact) mass is 386 g/mol. The molecule has 0 atom stereocenters. The topological polar surface area (TPSA) is 67.7 Å². The summed E-state index contributed by atoms with van der Waals surface area (Å²) in [6.07, 6.45) is 2.85. The number of likely N-dealkylation sites (tertiary alicyclic amines) is 1. The van der Waals surface area contributed by atoms with E-state index >= 15 is 0 Å². The molecule has 1 spiro atoms. The molecule has 1 aromatic heterocycles. The number of piperidine rings is 1. The summed E-state index contributed by atoms with van der Waals surface area (Å²) in [5.74, 6) is -0.590. The minimum absolute atomic E-state index is 0.0330. The number of anilines is 1. The maximum atomic E-state index is 13.6. The molecule has 2 saturated heterocycles. The van der Waals surface area contributed by atoms with Crippen LogP contribution in [0.2, 0.25) is 0 Å². The number of hydrogen-bond acceptors (Lipinski definition) is 4. The molecule has 7 nitrogen and oxygen atoms in total. The van der Waals surface area contributed by atoms with Gasteiger partial charge in [0.2, 0.25) is 0 Å². The standard InChI is InChI=1S/C20H23FN4O3/c1-14-17(11-22-23(14)2)19(27)24-8-6-20(7-9-24)13-25(18(26)12-28-20)16-5-3-4-15(21)10-16/h3-5,10-11H,6-9,12-13H2,1-2H3. The average Bonchev–Trinajstić information content (AvgIpc) is 3.03. The number of amides is 2. The highest BCUT2D eigenvalue weighted by molar-refractivity contribution is 5.96. The van der Waals surface area contributed by atoms with Crippen LogP contribution in [0, 0.1) is 12.7 Å². The van der Waals surface area contributed by atoms with E-state index in [-0.39, 0.29) is 24.2 Å². The van der Waals surface area contributed by atoms with Crippen molar-refractivity contribution in [2.45, 2.75) is 25.4 Å². The molecule has 2 fully saturated rings. The highest BCUT2D eigenvalue weighted by Crippen LogP contribution is 2.33. The molecule has 0 saturated carbocycles. The van der Waals surface area contributed by atoms with Crippen LogP contribution < -0.4 is 4.90 Å². The second-order valence-electron chi connectivity index (χ2n) is 7.49. The molecular weight excluding hydrogens is 363 g/mol. The summed E-state index contributed by atoms with van der Waals surface area (Å²) in [6.45, 7) is 3.28. The van der Waals surface area contributed by atoms with Crippen molar-refractivity contribution >= 4 is 17.5 Å². The van der Waals surface area contributed by atoms with E-state index < -0.39 is 5.60 Å². The van der Waals surface area contributed by atoms with Crippen LogP contribution >= 0.6 is 0 Å². The number of aryl methyl sites for hydroxylation is 1. The van der Waals surface area contributed by atoms with Crippen LogP contribution in [0.5, 0.6) is 0 Å². The molecule has 0 unspecified atom stereocenters. The molecule has 2 aromatic rings. The predicted molar refractivity (Wildman–Crippen MR) is 101 cm³/mol. The van der Waals surface area contributed by atoms with Gasteiger partial charge in [0.25, 0.3) is 11.8 Å². The zero-order chi connectivity index (χ0) is 19.9. The van der Waals surface area contributed by atoms with Gasteiger partial charge in [-0.05, 0) is 38.0 Å². The Labute approximate surface area is 162 Å². The zero-order valence-electron chi connectivity index (χ0n) is 16.0. The first-order valence-corrected chi connectivity index (χ1v) is 9.36. The SMILES string of the molecule is Cc1c(C(=O)N2CCC3(CC2)CN(c2cccc(F)c2)C(=O)CO3)cnn1C. The molecule has 0 radical (unpaired) electrons. The lowest BCUT2D eigenvalue weighted by Gasteiger charge is -2.47. The van der Waals surface area contributed by atoms with Crippen molar-refractivity contribution in [3.8, 4) is 0 Å². The van der Waals surface area contributed by atoms with Crippen LogP contribution in [0.25, 0.3) is 0 Å². The minimum atomic E-state index is -0.513. The number of rotatable bonds is 2. The predicted octanol–water partition coefficient (Wildman–Crippen LogP) is 1.91. The van der Waals surface area contributed by atoms with E-state index in [0.717, 1.165) is 5.69 Å². The molecule has 2 aliphatic heterocycles. The molecule has 3 heterocycles. The molecule has 0 N–H and O–H groups in total. The summed E-state index contributed by atoms with van der Waals surface area (Å²) in [5, 5.41) is 4.14. The number of halogens is 1. The molecule has 148 valence electrons. The Morgan fingerprint density at radius 1 is 1.29 bits per heavy atom. The van der Waals surface area contributed by atoms with Crippen LogP contribution in [0.1, 0.15) is 28.9 Å². The average molecular weight is 386 g/mol. The van der Waals surface area contributed by atoms with Gasteiger partial charge in [0.05, 0.1) is 23.9 Å². The Bertz CT molecular complexity index is 918. The fourth-order valence-electron chi connectivity index (χ4n) is 3.89. The van der Waals surface area contributed by atoms with Crippen LogP contribution in [0.15, 0.2) is 30.5 Å². The third kappa shape index (κ3) is 3.28. The van der Waals surface area contributed by atoms with E-state index in [1.54, 1.807) is 27.9 Å². The number of benzene rings is 1. The van der Waals surface area contributed by atoms with E-state index in [1.807, 2.05) is 18.9 Å². The summed E-state index contributed by atoms with van der Waals surface area (Å²) in [6, 6.07) is 6.04. The van der Waals surface area contributed by atoms with Gasteiger partial charge in [-0.1, -0.05) is 6.07 Å². The quantitative estimate of drug-likeness (QED) is 0.791. The molecule has 28 heavy (non-hydrogen) atoms. The molecule has 2 aliphatic rings. The number of carbonyl (C=O) groups excluding carboxylic acids is 2. The van der Waals surface area contributed by atoms with Gasteiger partial charge in [0.1, 0.15) is 12.4 Å². The maximum absolute atomic E-state index is 13.6. The van der Waals surface area contributed by atoms with Crippen LogP contribution in [-0.2, 0) is 16.6 Å². The first-order chi connectivity index (χ1) is 13.4. The Morgan fingerprint density at radius 2 is 2.04 bits per heavy atom. The lowest BCUT2D eigenvalue weighted by atomic mass is 9.88. The van der Waals surface area contributed by atoms with E-state index in [0.29, 0.717) is 43.7 Å².